The first-order chi connectivity index (χ1) is 9.34. The van der Waals surface area contributed by atoms with Crippen LogP contribution in [0.2, 0.25) is 0 Å². The van der Waals surface area contributed by atoms with Crippen molar-refractivity contribution in [1.82, 2.24) is 9.97 Å². The second-order valence-corrected chi connectivity index (χ2v) is 5.42. The van der Waals surface area contributed by atoms with E-state index in [1.54, 1.807) is 12.4 Å². The van der Waals surface area contributed by atoms with Crippen molar-refractivity contribution in [3.05, 3.63) is 48.8 Å². The first kappa shape index (κ1) is 10.6. The van der Waals surface area contributed by atoms with E-state index in [0.29, 0.717) is 5.03 Å². The number of anilines is 1. The van der Waals surface area contributed by atoms with Gasteiger partial charge < -0.3 is 0 Å². The first-order valence-electron chi connectivity index (χ1n) is 5.86. The van der Waals surface area contributed by atoms with Gasteiger partial charge in [0, 0.05) is 28.9 Å². The van der Waals surface area contributed by atoms with Crippen molar-refractivity contribution in [3.8, 4) is 11.1 Å². The Balaban J connectivity index is 2.13. The normalized spacial score (nSPS) is 16.5. The van der Waals surface area contributed by atoms with Crippen LogP contribution in [-0.4, -0.2) is 14.2 Å². The lowest BCUT2D eigenvalue weighted by Gasteiger charge is -2.20. The van der Waals surface area contributed by atoms with E-state index in [2.05, 4.69) is 14.7 Å². The lowest BCUT2D eigenvalue weighted by Crippen LogP contribution is -2.14. The van der Waals surface area contributed by atoms with Crippen molar-refractivity contribution in [2.75, 3.05) is 4.72 Å². The maximum absolute atomic E-state index is 12.2. The van der Waals surface area contributed by atoms with Crippen LogP contribution >= 0.6 is 0 Å². The predicted molar refractivity (Wildman–Crippen MR) is 75.0 cm³/mol. The molecule has 0 spiro atoms. The second kappa shape index (κ2) is 3.86. The molecule has 5 heteroatoms. The SMILES string of the molecule is O=S1Nc2c(ccc3cccnc23)-c2cccnc21. The maximum atomic E-state index is 12.2. The van der Waals surface area contributed by atoms with Crippen molar-refractivity contribution < 1.29 is 4.21 Å². The van der Waals surface area contributed by atoms with Gasteiger partial charge in [0.1, 0.15) is 0 Å². The van der Waals surface area contributed by atoms with Gasteiger partial charge in [0.15, 0.2) is 16.0 Å². The largest absolute Gasteiger partial charge is 0.297 e. The molecule has 1 aliphatic heterocycles. The Hall–Kier alpha value is -2.27. The summed E-state index contributed by atoms with van der Waals surface area (Å²) in [5.74, 6) is 0. The van der Waals surface area contributed by atoms with E-state index in [0.717, 1.165) is 27.7 Å². The number of hydrogen-bond acceptors (Lipinski definition) is 3. The molecule has 4 nitrogen and oxygen atoms in total. The number of hydrogen-bond donors (Lipinski definition) is 1. The zero-order valence-electron chi connectivity index (χ0n) is 9.83. The number of pyridine rings is 2. The standard InChI is InChI=1S/C14H9N3OS/c18-19-14-11(4-2-8-16-14)10-6-5-9-3-1-7-15-12(9)13(10)17-19/h1-8,17H. The Morgan fingerprint density at radius 3 is 2.74 bits per heavy atom. The van der Waals surface area contributed by atoms with Gasteiger partial charge in [-0.2, -0.15) is 0 Å². The van der Waals surface area contributed by atoms with Crippen LogP contribution in [0.1, 0.15) is 0 Å². The van der Waals surface area contributed by atoms with Crippen LogP contribution in [0.5, 0.6) is 0 Å². The van der Waals surface area contributed by atoms with Crippen molar-refractivity contribution >= 4 is 27.6 Å². The number of rotatable bonds is 0. The molecule has 0 saturated heterocycles. The molecule has 1 N–H and O–H groups in total. The minimum absolute atomic E-state index is 0.574. The summed E-state index contributed by atoms with van der Waals surface area (Å²) in [6, 6.07) is 11.7. The number of nitrogens with zero attached hydrogens (tertiary/aromatic N) is 2. The van der Waals surface area contributed by atoms with Gasteiger partial charge in [-0.25, -0.2) is 9.19 Å². The molecular weight excluding hydrogens is 258 g/mol. The molecule has 1 aliphatic rings. The fraction of sp³-hybridized carbons (Fsp3) is 0. The summed E-state index contributed by atoms with van der Waals surface area (Å²) >= 11 is 0. The molecule has 4 rings (SSSR count). The molecule has 0 aliphatic carbocycles. The minimum atomic E-state index is -1.33. The van der Waals surface area contributed by atoms with Crippen molar-refractivity contribution in [1.29, 1.82) is 0 Å². The average Bonchev–Trinajstić information content (AvgIpc) is 2.47. The Labute approximate surface area is 112 Å². The molecule has 0 fully saturated rings. The van der Waals surface area contributed by atoms with Crippen LogP contribution in [0.4, 0.5) is 5.69 Å². The van der Waals surface area contributed by atoms with Crippen molar-refractivity contribution in [2.24, 2.45) is 0 Å². The minimum Gasteiger partial charge on any atom is -0.297 e. The number of aromatic nitrogens is 2. The highest BCUT2D eigenvalue weighted by atomic mass is 32.2. The van der Waals surface area contributed by atoms with E-state index < -0.39 is 11.0 Å². The Morgan fingerprint density at radius 1 is 0.947 bits per heavy atom. The molecule has 3 aromatic rings. The lowest BCUT2D eigenvalue weighted by molar-refractivity contribution is 0.683. The third-order valence-electron chi connectivity index (χ3n) is 3.21. The van der Waals surface area contributed by atoms with E-state index in [4.69, 9.17) is 0 Å². The Kier molecular flexibility index (Phi) is 2.16. The van der Waals surface area contributed by atoms with E-state index in [1.807, 2.05) is 36.4 Å². The van der Waals surface area contributed by atoms with Crippen molar-refractivity contribution in [2.45, 2.75) is 5.03 Å². The molecule has 0 bridgehead atoms. The molecule has 92 valence electrons. The molecule has 19 heavy (non-hydrogen) atoms. The highest BCUT2D eigenvalue weighted by Gasteiger charge is 2.23. The number of nitrogens with one attached hydrogen (secondary N) is 1. The van der Waals surface area contributed by atoms with E-state index in [9.17, 15) is 4.21 Å². The van der Waals surface area contributed by atoms with Gasteiger partial charge in [0.05, 0.1) is 11.2 Å². The summed E-state index contributed by atoms with van der Waals surface area (Å²) < 4.78 is 15.2. The number of fused-ring (bicyclic) bond motifs is 5. The zero-order chi connectivity index (χ0) is 12.8. The van der Waals surface area contributed by atoms with Crippen LogP contribution in [0.15, 0.2) is 53.8 Å². The summed E-state index contributed by atoms with van der Waals surface area (Å²) in [5, 5.41) is 1.60. The molecule has 1 unspecified atom stereocenters. The number of benzene rings is 1. The van der Waals surface area contributed by atoms with Gasteiger partial charge in [-0.1, -0.05) is 18.2 Å². The lowest BCUT2D eigenvalue weighted by atomic mass is 10.0. The third-order valence-corrected chi connectivity index (χ3v) is 4.27. The highest BCUT2D eigenvalue weighted by Crippen LogP contribution is 2.39. The van der Waals surface area contributed by atoms with Gasteiger partial charge in [-0.15, -0.1) is 0 Å². The molecule has 1 atom stereocenters. The van der Waals surface area contributed by atoms with Crippen LogP contribution in [-0.2, 0) is 11.0 Å². The van der Waals surface area contributed by atoms with Crippen LogP contribution < -0.4 is 4.72 Å². The Morgan fingerprint density at radius 2 is 1.79 bits per heavy atom. The first-order valence-corrected chi connectivity index (χ1v) is 7.01. The summed E-state index contributed by atoms with van der Waals surface area (Å²) in [7, 11) is -1.33. The maximum Gasteiger partial charge on any atom is 0.170 e. The molecule has 3 heterocycles. The molecule has 0 saturated carbocycles. The van der Waals surface area contributed by atoms with Gasteiger partial charge in [0.2, 0.25) is 0 Å². The second-order valence-electron chi connectivity index (χ2n) is 4.29. The molecule has 0 amide bonds. The van der Waals surface area contributed by atoms with Crippen molar-refractivity contribution in [3.63, 3.8) is 0 Å². The van der Waals surface area contributed by atoms with Gasteiger partial charge in [-0.3, -0.25) is 9.71 Å². The average molecular weight is 267 g/mol. The molecule has 0 radical (unpaired) electrons. The van der Waals surface area contributed by atoms with Crippen LogP contribution in [0.3, 0.4) is 0 Å². The van der Waals surface area contributed by atoms with E-state index in [-0.39, 0.29) is 0 Å². The Bertz CT molecular complexity index is 832. The molecule has 2 aromatic heterocycles. The predicted octanol–water partition coefficient (Wildman–Crippen LogP) is 2.74. The van der Waals surface area contributed by atoms with Crippen LogP contribution in [0, 0.1) is 0 Å². The summed E-state index contributed by atoms with van der Waals surface area (Å²) in [6.45, 7) is 0. The van der Waals surface area contributed by atoms with E-state index in [1.165, 1.54) is 0 Å². The van der Waals surface area contributed by atoms with Crippen LogP contribution in [0.25, 0.3) is 22.0 Å². The molecule has 1 aromatic carbocycles. The third kappa shape index (κ3) is 1.48. The summed E-state index contributed by atoms with van der Waals surface area (Å²) in [4.78, 5) is 8.58. The summed E-state index contributed by atoms with van der Waals surface area (Å²) in [6.07, 6.45) is 3.40. The fourth-order valence-corrected chi connectivity index (χ4v) is 3.38. The van der Waals surface area contributed by atoms with Gasteiger partial charge in [0.25, 0.3) is 0 Å². The monoisotopic (exact) mass is 267 g/mol. The quantitative estimate of drug-likeness (QED) is 0.681. The fourth-order valence-electron chi connectivity index (χ4n) is 2.36. The summed E-state index contributed by atoms with van der Waals surface area (Å²) in [5.41, 5.74) is 3.55. The topological polar surface area (TPSA) is 54.9 Å². The smallest absolute Gasteiger partial charge is 0.170 e. The van der Waals surface area contributed by atoms with Gasteiger partial charge in [-0.05, 0) is 18.2 Å². The van der Waals surface area contributed by atoms with E-state index >= 15 is 0 Å². The van der Waals surface area contributed by atoms with Gasteiger partial charge >= 0.3 is 0 Å². The highest BCUT2D eigenvalue weighted by molar-refractivity contribution is 7.86. The zero-order valence-corrected chi connectivity index (χ0v) is 10.6. The molecular formula is C14H9N3OS.